The first kappa shape index (κ1) is 17.9. The van der Waals surface area contributed by atoms with Crippen LogP contribution in [0.5, 0.6) is 0 Å². The lowest BCUT2D eigenvalue weighted by molar-refractivity contribution is 0.0950. The van der Waals surface area contributed by atoms with Crippen LogP contribution in [0.4, 0.5) is 0 Å². The van der Waals surface area contributed by atoms with Gasteiger partial charge in [0.2, 0.25) is 0 Å². The minimum atomic E-state index is -0.181. The second-order valence-electron chi connectivity index (χ2n) is 6.57. The third-order valence-electron chi connectivity index (χ3n) is 4.11. The summed E-state index contributed by atoms with van der Waals surface area (Å²) in [6.45, 7) is 3.11. The van der Waals surface area contributed by atoms with Crippen LogP contribution in [-0.4, -0.2) is 30.1 Å². The van der Waals surface area contributed by atoms with E-state index < -0.39 is 0 Å². The highest BCUT2D eigenvalue weighted by Gasteiger charge is 2.21. The van der Waals surface area contributed by atoms with Crippen molar-refractivity contribution in [3.05, 3.63) is 77.0 Å². The first-order valence-electron chi connectivity index (χ1n) is 8.57. The third-order valence-corrected chi connectivity index (χ3v) is 4.11. The van der Waals surface area contributed by atoms with E-state index in [1.807, 2.05) is 56.6 Å². The van der Waals surface area contributed by atoms with Crippen molar-refractivity contribution >= 4 is 5.91 Å². The van der Waals surface area contributed by atoms with Crippen molar-refractivity contribution in [2.24, 2.45) is 0 Å². The van der Waals surface area contributed by atoms with Crippen LogP contribution >= 0.6 is 0 Å². The number of nitrogens with one attached hydrogen (secondary N) is 1. The number of amides is 1. The molecule has 0 spiro atoms. The predicted molar refractivity (Wildman–Crippen MR) is 102 cm³/mol. The lowest BCUT2D eigenvalue weighted by atomic mass is 10.1. The molecule has 0 saturated carbocycles. The summed E-state index contributed by atoms with van der Waals surface area (Å²) >= 11 is 0. The maximum absolute atomic E-state index is 12.7. The van der Waals surface area contributed by atoms with Gasteiger partial charge in [0.15, 0.2) is 0 Å². The zero-order valence-electron chi connectivity index (χ0n) is 15.3. The van der Waals surface area contributed by atoms with Gasteiger partial charge in [-0.1, -0.05) is 59.8 Å². The number of benzene rings is 2. The van der Waals surface area contributed by atoms with Crippen molar-refractivity contribution < 1.29 is 9.32 Å². The van der Waals surface area contributed by atoms with Gasteiger partial charge in [0.1, 0.15) is 17.0 Å². The molecule has 0 fully saturated rings. The Labute approximate surface area is 153 Å². The average molecular weight is 349 g/mol. The molecule has 1 amide bonds. The summed E-state index contributed by atoms with van der Waals surface area (Å²) in [5, 5.41) is 7.02. The number of aryl methyl sites for hydroxylation is 1. The summed E-state index contributed by atoms with van der Waals surface area (Å²) in [6, 6.07) is 17.8. The number of aromatic nitrogens is 1. The highest BCUT2D eigenvalue weighted by Crippen LogP contribution is 2.25. The Morgan fingerprint density at radius 1 is 1.04 bits per heavy atom. The van der Waals surface area contributed by atoms with Gasteiger partial charge in [0, 0.05) is 18.7 Å². The smallest absolute Gasteiger partial charge is 0.257 e. The molecule has 26 heavy (non-hydrogen) atoms. The van der Waals surface area contributed by atoms with E-state index in [0.29, 0.717) is 23.6 Å². The first-order chi connectivity index (χ1) is 12.5. The second kappa shape index (κ2) is 7.97. The molecule has 3 aromatic rings. The van der Waals surface area contributed by atoms with Crippen LogP contribution in [0, 0.1) is 6.92 Å². The quantitative estimate of drug-likeness (QED) is 0.738. The molecule has 0 aliphatic rings. The minimum absolute atomic E-state index is 0.181. The van der Waals surface area contributed by atoms with Gasteiger partial charge in [-0.2, -0.15) is 0 Å². The molecule has 134 valence electrons. The van der Waals surface area contributed by atoms with E-state index in [-0.39, 0.29) is 5.91 Å². The van der Waals surface area contributed by atoms with Gasteiger partial charge < -0.3 is 14.7 Å². The fourth-order valence-corrected chi connectivity index (χ4v) is 2.83. The Hall–Kier alpha value is -2.92. The molecule has 0 unspecified atom stereocenters. The van der Waals surface area contributed by atoms with Crippen molar-refractivity contribution in [1.29, 1.82) is 0 Å². The fraction of sp³-hybridized carbons (Fsp3) is 0.238. The zero-order valence-corrected chi connectivity index (χ0v) is 15.3. The highest BCUT2D eigenvalue weighted by atomic mass is 16.5. The molecule has 1 N–H and O–H groups in total. The van der Waals surface area contributed by atoms with E-state index >= 15 is 0 Å². The van der Waals surface area contributed by atoms with Crippen LogP contribution < -0.4 is 5.32 Å². The molecule has 0 aliphatic carbocycles. The van der Waals surface area contributed by atoms with E-state index in [2.05, 4.69) is 27.5 Å². The Morgan fingerprint density at radius 3 is 2.35 bits per heavy atom. The van der Waals surface area contributed by atoms with E-state index in [0.717, 1.165) is 17.7 Å². The molecule has 1 heterocycles. The van der Waals surface area contributed by atoms with Crippen molar-refractivity contribution in [3.8, 4) is 11.3 Å². The van der Waals surface area contributed by atoms with Crippen LogP contribution in [-0.2, 0) is 13.1 Å². The highest BCUT2D eigenvalue weighted by molar-refractivity contribution is 6.00. The van der Waals surface area contributed by atoms with E-state index in [9.17, 15) is 4.79 Å². The lowest BCUT2D eigenvalue weighted by Gasteiger charge is -2.10. The van der Waals surface area contributed by atoms with Gasteiger partial charge in [-0.15, -0.1) is 0 Å². The van der Waals surface area contributed by atoms with Gasteiger partial charge in [-0.25, -0.2) is 0 Å². The predicted octanol–water partition coefficient (Wildman–Crippen LogP) is 3.64. The van der Waals surface area contributed by atoms with Gasteiger partial charge in [0.05, 0.1) is 0 Å². The molecular formula is C21H23N3O2. The van der Waals surface area contributed by atoms with Crippen molar-refractivity contribution in [3.63, 3.8) is 0 Å². The van der Waals surface area contributed by atoms with Gasteiger partial charge >= 0.3 is 0 Å². The van der Waals surface area contributed by atoms with Crippen LogP contribution in [0.15, 0.2) is 59.1 Å². The zero-order chi connectivity index (χ0) is 18.5. The SMILES string of the molecule is Cc1onc(-c2ccccc2)c1C(=O)NCc1ccc(CN(C)C)cc1. The van der Waals surface area contributed by atoms with Gasteiger partial charge in [-0.3, -0.25) is 4.79 Å². The van der Waals surface area contributed by atoms with Crippen LogP contribution in [0.25, 0.3) is 11.3 Å². The van der Waals surface area contributed by atoms with Gasteiger partial charge in [-0.05, 0) is 32.1 Å². The molecule has 0 saturated heterocycles. The number of carbonyl (C=O) groups is 1. The molecule has 0 radical (unpaired) electrons. The number of carbonyl (C=O) groups excluding carboxylic acids is 1. The fourth-order valence-electron chi connectivity index (χ4n) is 2.83. The lowest BCUT2D eigenvalue weighted by Crippen LogP contribution is -2.23. The van der Waals surface area contributed by atoms with Crippen LogP contribution in [0.2, 0.25) is 0 Å². The summed E-state index contributed by atoms with van der Waals surface area (Å²) in [6.07, 6.45) is 0. The summed E-state index contributed by atoms with van der Waals surface area (Å²) in [5.41, 5.74) is 4.22. The Kier molecular flexibility index (Phi) is 5.49. The molecular weight excluding hydrogens is 326 g/mol. The number of nitrogens with zero attached hydrogens (tertiary/aromatic N) is 2. The molecule has 2 aromatic carbocycles. The van der Waals surface area contributed by atoms with Gasteiger partial charge in [0.25, 0.3) is 5.91 Å². The van der Waals surface area contributed by atoms with Crippen molar-refractivity contribution in [2.45, 2.75) is 20.0 Å². The molecule has 1 aromatic heterocycles. The van der Waals surface area contributed by atoms with E-state index in [4.69, 9.17) is 4.52 Å². The number of rotatable bonds is 6. The van der Waals surface area contributed by atoms with Crippen molar-refractivity contribution in [2.75, 3.05) is 14.1 Å². The molecule has 0 aliphatic heterocycles. The molecule has 5 heteroatoms. The average Bonchev–Trinajstić information content (AvgIpc) is 3.03. The topological polar surface area (TPSA) is 58.4 Å². The first-order valence-corrected chi connectivity index (χ1v) is 8.57. The summed E-state index contributed by atoms with van der Waals surface area (Å²) < 4.78 is 5.26. The molecule has 5 nitrogen and oxygen atoms in total. The summed E-state index contributed by atoms with van der Waals surface area (Å²) in [5.74, 6) is 0.336. The maximum atomic E-state index is 12.7. The standard InChI is InChI=1S/C21H23N3O2/c1-15-19(20(23-26-15)18-7-5-4-6-8-18)21(25)22-13-16-9-11-17(12-10-16)14-24(2)3/h4-12H,13-14H2,1-3H3,(H,22,25). The number of hydrogen-bond acceptors (Lipinski definition) is 4. The molecule has 0 bridgehead atoms. The Bertz CT molecular complexity index is 868. The van der Waals surface area contributed by atoms with E-state index in [1.54, 1.807) is 6.92 Å². The maximum Gasteiger partial charge on any atom is 0.257 e. The van der Waals surface area contributed by atoms with E-state index in [1.165, 1.54) is 5.56 Å². The molecule has 3 rings (SSSR count). The monoisotopic (exact) mass is 349 g/mol. The Balaban J connectivity index is 1.70. The summed E-state index contributed by atoms with van der Waals surface area (Å²) in [7, 11) is 4.08. The van der Waals surface area contributed by atoms with Crippen LogP contribution in [0.1, 0.15) is 27.2 Å². The Morgan fingerprint density at radius 2 is 1.69 bits per heavy atom. The second-order valence-corrected chi connectivity index (χ2v) is 6.57. The third kappa shape index (κ3) is 4.18. The van der Waals surface area contributed by atoms with Crippen LogP contribution in [0.3, 0.4) is 0 Å². The number of hydrogen-bond donors (Lipinski definition) is 1. The summed E-state index contributed by atoms with van der Waals surface area (Å²) in [4.78, 5) is 14.8. The van der Waals surface area contributed by atoms with Crippen molar-refractivity contribution in [1.82, 2.24) is 15.4 Å². The normalized spacial score (nSPS) is 10.9. The largest absolute Gasteiger partial charge is 0.360 e. The minimum Gasteiger partial charge on any atom is -0.360 e. The molecule has 0 atom stereocenters.